The van der Waals surface area contributed by atoms with Crippen molar-refractivity contribution in [3.05, 3.63) is 28.7 Å². The predicted octanol–water partition coefficient (Wildman–Crippen LogP) is 1.42. The van der Waals surface area contributed by atoms with Crippen molar-refractivity contribution in [3.8, 4) is 0 Å². The van der Waals surface area contributed by atoms with Gasteiger partial charge in [0.05, 0.1) is 24.8 Å². The molecule has 8 nitrogen and oxygen atoms in total. The van der Waals surface area contributed by atoms with Gasteiger partial charge >= 0.3 is 0 Å². The molecule has 1 fully saturated rings. The summed E-state index contributed by atoms with van der Waals surface area (Å²) in [5.74, 6) is 1.76. The van der Waals surface area contributed by atoms with Crippen LogP contribution in [0.15, 0.2) is 4.52 Å². The highest BCUT2D eigenvalue weighted by molar-refractivity contribution is 5.84. The Kier molecular flexibility index (Phi) is 4.16. The van der Waals surface area contributed by atoms with Gasteiger partial charge in [0.1, 0.15) is 17.7 Å². The van der Waals surface area contributed by atoms with Gasteiger partial charge in [0.25, 0.3) is 0 Å². The van der Waals surface area contributed by atoms with Gasteiger partial charge in [0.2, 0.25) is 5.91 Å². The molecule has 0 aromatic carbocycles. The third-order valence-electron chi connectivity index (χ3n) is 4.17. The van der Waals surface area contributed by atoms with E-state index in [2.05, 4.69) is 20.3 Å². The molecule has 0 bridgehead atoms. The van der Waals surface area contributed by atoms with Gasteiger partial charge < -0.3 is 14.2 Å². The maximum Gasteiger partial charge on any atom is 0.230 e. The van der Waals surface area contributed by atoms with Crippen molar-refractivity contribution in [1.82, 2.24) is 25.2 Å². The van der Waals surface area contributed by atoms with E-state index in [1.807, 2.05) is 27.7 Å². The zero-order valence-corrected chi connectivity index (χ0v) is 13.8. The Morgan fingerprint density at radius 1 is 1.39 bits per heavy atom. The number of H-pyrrole nitrogens is 1. The molecular weight excluding hydrogens is 298 g/mol. The van der Waals surface area contributed by atoms with Crippen LogP contribution in [0.2, 0.25) is 0 Å². The van der Waals surface area contributed by atoms with Crippen LogP contribution in [-0.4, -0.2) is 50.8 Å². The van der Waals surface area contributed by atoms with Crippen molar-refractivity contribution in [2.24, 2.45) is 0 Å². The minimum absolute atomic E-state index is 0.0416. The van der Waals surface area contributed by atoms with Gasteiger partial charge in [-0.15, -0.1) is 0 Å². The van der Waals surface area contributed by atoms with Crippen molar-refractivity contribution in [2.45, 2.75) is 39.7 Å². The number of aryl methyl sites for hydroxylation is 3. The quantitative estimate of drug-likeness (QED) is 0.919. The molecular formula is C15H21N5O3. The van der Waals surface area contributed by atoms with Crippen LogP contribution in [0.1, 0.15) is 47.6 Å². The molecule has 23 heavy (non-hydrogen) atoms. The lowest BCUT2D eigenvalue weighted by molar-refractivity contribution is -0.140. The summed E-state index contributed by atoms with van der Waals surface area (Å²) >= 11 is 0. The highest BCUT2D eigenvalue weighted by Gasteiger charge is 2.32. The fourth-order valence-electron chi connectivity index (χ4n) is 3.02. The van der Waals surface area contributed by atoms with Gasteiger partial charge in [0, 0.05) is 12.1 Å². The summed E-state index contributed by atoms with van der Waals surface area (Å²) in [4.78, 5) is 18.9. The summed E-state index contributed by atoms with van der Waals surface area (Å²) < 4.78 is 10.9. The van der Waals surface area contributed by atoms with E-state index in [4.69, 9.17) is 9.26 Å². The van der Waals surface area contributed by atoms with E-state index in [1.54, 1.807) is 4.90 Å². The number of aromatic amines is 1. The lowest BCUT2D eigenvalue weighted by Gasteiger charge is -2.33. The first-order valence-corrected chi connectivity index (χ1v) is 7.69. The molecule has 0 radical (unpaired) electrons. The van der Waals surface area contributed by atoms with E-state index in [1.165, 1.54) is 0 Å². The van der Waals surface area contributed by atoms with Crippen LogP contribution in [0.25, 0.3) is 0 Å². The zero-order chi connectivity index (χ0) is 16.6. The molecule has 0 saturated carbocycles. The standard InChI is InChI=1S/C15H21N5O3/c1-8(13-9(2)19-23-10(13)3)15(21)20-5-6-22-12(7-20)14-16-11(4)17-18-14/h8,12H,5-7H2,1-4H3,(H,16,17,18)/t8-,12+/m0/s1. The van der Waals surface area contributed by atoms with E-state index in [-0.39, 0.29) is 17.9 Å². The summed E-state index contributed by atoms with van der Waals surface area (Å²) in [5, 5.41) is 10.9. The summed E-state index contributed by atoms with van der Waals surface area (Å²) in [5.41, 5.74) is 1.63. The minimum atomic E-state index is -0.297. The Bertz CT molecular complexity index is 688. The Morgan fingerprint density at radius 3 is 2.78 bits per heavy atom. The predicted molar refractivity (Wildman–Crippen MR) is 80.8 cm³/mol. The second-order valence-electron chi connectivity index (χ2n) is 5.88. The Morgan fingerprint density at radius 2 is 2.17 bits per heavy atom. The van der Waals surface area contributed by atoms with Gasteiger partial charge in [-0.05, 0) is 27.7 Å². The molecule has 3 heterocycles. The molecule has 2 aromatic rings. The normalized spacial score (nSPS) is 19.8. The van der Waals surface area contributed by atoms with Gasteiger partial charge in [-0.25, -0.2) is 4.98 Å². The van der Waals surface area contributed by atoms with Crippen LogP contribution in [0, 0.1) is 20.8 Å². The maximum absolute atomic E-state index is 12.8. The maximum atomic E-state index is 12.8. The molecule has 1 amide bonds. The van der Waals surface area contributed by atoms with Crippen molar-refractivity contribution >= 4 is 5.91 Å². The van der Waals surface area contributed by atoms with Gasteiger partial charge in [-0.2, -0.15) is 5.10 Å². The van der Waals surface area contributed by atoms with Crippen LogP contribution in [0.5, 0.6) is 0 Å². The second kappa shape index (κ2) is 6.11. The van der Waals surface area contributed by atoms with Crippen molar-refractivity contribution in [1.29, 1.82) is 0 Å². The average Bonchev–Trinajstić information content (AvgIpc) is 3.12. The number of hydrogen-bond donors (Lipinski definition) is 1. The minimum Gasteiger partial charge on any atom is -0.366 e. The topological polar surface area (TPSA) is 97.1 Å². The number of morpholine rings is 1. The number of amides is 1. The first-order chi connectivity index (χ1) is 11.0. The number of carbonyl (C=O) groups is 1. The second-order valence-corrected chi connectivity index (χ2v) is 5.88. The zero-order valence-electron chi connectivity index (χ0n) is 13.8. The Labute approximate surface area is 134 Å². The number of ether oxygens (including phenoxy) is 1. The lowest BCUT2D eigenvalue weighted by Crippen LogP contribution is -2.44. The molecule has 2 aromatic heterocycles. The number of carbonyl (C=O) groups excluding carboxylic acids is 1. The van der Waals surface area contributed by atoms with Gasteiger partial charge in [0.15, 0.2) is 5.82 Å². The van der Waals surface area contributed by atoms with Crippen LogP contribution in [-0.2, 0) is 9.53 Å². The molecule has 0 spiro atoms. The highest BCUT2D eigenvalue weighted by atomic mass is 16.5. The Balaban J connectivity index is 1.74. The van der Waals surface area contributed by atoms with Crippen molar-refractivity contribution in [2.75, 3.05) is 19.7 Å². The summed E-state index contributed by atoms with van der Waals surface area (Å²) in [6.07, 6.45) is -0.297. The first kappa shape index (κ1) is 15.7. The lowest BCUT2D eigenvalue weighted by atomic mass is 9.97. The van der Waals surface area contributed by atoms with E-state index < -0.39 is 0 Å². The monoisotopic (exact) mass is 319 g/mol. The molecule has 1 aliphatic heterocycles. The van der Waals surface area contributed by atoms with E-state index in [9.17, 15) is 4.79 Å². The molecule has 124 valence electrons. The van der Waals surface area contributed by atoms with Crippen molar-refractivity contribution < 1.29 is 14.1 Å². The fraction of sp³-hybridized carbons (Fsp3) is 0.600. The molecule has 2 atom stereocenters. The molecule has 1 N–H and O–H groups in total. The number of hydrogen-bond acceptors (Lipinski definition) is 6. The number of nitrogens with one attached hydrogen (secondary N) is 1. The largest absolute Gasteiger partial charge is 0.366 e. The summed E-state index contributed by atoms with van der Waals surface area (Å²) in [7, 11) is 0. The van der Waals surface area contributed by atoms with Crippen LogP contribution in [0.3, 0.4) is 0 Å². The number of aromatic nitrogens is 4. The summed E-state index contributed by atoms with van der Waals surface area (Å²) in [6.45, 7) is 8.89. The third-order valence-corrected chi connectivity index (χ3v) is 4.17. The van der Waals surface area contributed by atoms with Crippen LogP contribution < -0.4 is 0 Å². The number of nitrogens with zero attached hydrogens (tertiary/aromatic N) is 4. The fourth-order valence-corrected chi connectivity index (χ4v) is 3.02. The van der Waals surface area contributed by atoms with E-state index in [0.29, 0.717) is 31.3 Å². The first-order valence-electron chi connectivity index (χ1n) is 7.69. The smallest absolute Gasteiger partial charge is 0.230 e. The van der Waals surface area contributed by atoms with Gasteiger partial charge in [-0.3, -0.25) is 9.89 Å². The molecule has 0 aliphatic carbocycles. The molecule has 1 saturated heterocycles. The molecule has 1 aliphatic rings. The molecule has 3 rings (SSSR count). The molecule has 0 unspecified atom stereocenters. The highest BCUT2D eigenvalue weighted by Crippen LogP contribution is 2.27. The van der Waals surface area contributed by atoms with E-state index >= 15 is 0 Å². The SMILES string of the molecule is Cc1nc([C@H]2CN(C(=O)[C@@H](C)c3c(C)noc3C)CCO2)n[nH]1. The van der Waals surface area contributed by atoms with Crippen molar-refractivity contribution in [3.63, 3.8) is 0 Å². The van der Waals surface area contributed by atoms with Crippen LogP contribution >= 0.6 is 0 Å². The van der Waals surface area contributed by atoms with Gasteiger partial charge in [-0.1, -0.05) is 5.16 Å². The average molecular weight is 319 g/mol. The number of rotatable bonds is 3. The molecule has 8 heteroatoms. The summed E-state index contributed by atoms with van der Waals surface area (Å²) in [6, 6.07) is 0. The van der Waals surface area contributed by atoms with E-state index in [0.717, 1.165) is 17.1 Å². The Hall–Kier alpha value is -2.22. The third kappa shape index (κ3) is 2.98. The van der Waals surface area contributed by atoms with Crippen LogP contribution in [0.4, 0.5) is 0 Å².